The normalized spacial score (nSPS) is 53.4. The van der Waals surface area contributed by atoms with Crippen molar-refractivity contribution in [2.24, 2.45) is 5.92 Å². The Morgan fingerprint density at radius 2 is 1.90 bits per heavy atom. The van der Waals surface area contributed by atoms with Crippen molar-refractivity contribution >= 4 is 0 Å². The highest BCUT2D eigenvalue weighted by Gasteiger charge is 2.44. The minimum absolute atomic E-state index is 0.0463. The van der Waals surface area contributed by atoms with E-state index in [-0.39, 0.29) is 12.2 Å². The zero-order chi connectivity index (χ0) is 7.14. The first-order valence-corrected chi connectivity index (χ1v) is 3.70. The predicted octanol–water partition coefficient (Wildman–Crippen LogP) is -0.219. The molecule has 10 heavy (non-hydrogen) atoms. The van der Waals surface area contributed by atoms with E-state index >= 15 is 0 Å². The molecule has 0 aliphatic carbocycles. The molecular formula is C7H12O3. The van der Waals surface area contributed by atoms with Crippen molar-refractivity contribution in [3.05, 3.63) is 0 Å². The van der Waals surface area contributed by atoms with Crippen LogP contribution in [-0.2, 0) is 9.47 Å². The quantitative estimate of drug-likeness (QED) is 0.511. The number of ether oxygens (including phenoxy) is 2. The van der Waals surface area contributed by atoms with E-state index in [1.54, 1.807) is 0 Å². The van der Waals surface area contributed by atoms with E-state index < -0.39 is 6.10 Å². The van der Waals surface area contributed by atoms with Gasteiger partial charge in [0, 0.05) is 5.92 Å². The van der Waals surface area contributed by atoms with E-state index in [0.717, 1.165) is 6.61 Å². The molecule has 2 rings (SSSR count). The van der Waals surface area contributed by atoms with E-state index in [1.165, 1.54) is 0 Å². The lowest BCUT2D eigenvalue weighted by Crippen LogP contribution is -2.28. The fraction of sp³-hybridized carbons (Fsp3) is 1.00. The van der Waals surface area contributed by atoms with Crippen LogP contribution in [0.25, 0.3) is 0 Å². The molecule has 0 aromatic rings. The highest BCUT2D eigenvalue weighted by atomic mass is 16.6. The molecule has 0 aromatic heterocycles. The van der Waals surface area contributed by atoms with E-state index in [2.05, 4.69) is 6.92 Å². The second-order valence-electron chi connectivity index (χ2n) is 3.14. The molecule has 3 heteroatoms. The minimum atomic E-state index is -0.394. The molecule has 0 saturated carbocycles. The van der Waals surface area contributed by atoms with Crippen molar-refractivity contribution in [3.63, 3.8) is 0 Å². The third-order valence-corrected chi connectivity index (χ3v) is 2.27. The van der Waals surface area contributed by atoms with E-state index in [9.17, 15) is 5.11 Å². The van der Waals surface area contributed by atoms with Crippen molar-refractivity contribution in [2.75, 3.05) is 13.2 Å². The highest BCUT2D eigenvalue weighted by Crippen LogP contribution is 2.30. The van der Waals surface area contributed by atoms with Gasteiger partial charge < -0.3 is 14.6 Å². The lowest BCUT2D eigenvalue weighted by Gasteiger charge is -2.10. The van der Waals surface area contributed by atoms with Crippen molar-refractivity contribution in [1.29, 1.82) is 0 Å². The molecule has 1 N–H and O–H groups in total. The van der Waals surface area contributed by atoms with Gasteiger partial charge >= 0.3 is 0 Å². The monoisotopic (exact) mass is 144 g/mol. The standard InChI is InChI=1S/C7H12O3/c1-4-2-9-7-5(8)3-10-6(4)7/h4-8H,2-3H2,1H3/t4-,5-,6+,7+/m0/s1. The summed E-state index contributed by atoms with van der Waals surface area (Å²) in [5.41, 5.74) is 0. The van der Waals surface area contributed by atoms with Gasteiger partial charge in [0.25, 0.3) is 0 Å². The largest absolute Gasteiger partial charge is 0.388 e. The van der Waals surface area contributed by atoms with Gasteiger partial charge in [-0.2, -0.15) is 0 Å². The van der Waals surface area contributed by atoms with Crippen molar-refractivity contribution < 1.29 is 14.6 Å². The molecule has 58 valence electrons. The van der Waals surface area contributed by atoms with Gasteiger partial charge in [-0.3, -0.25) is 0 Å². The number of hydrogen-bond acceptors (Lipinski definition) is 3. The van der Waals surface area contributed by atoms with Gasteiger partial charge in [-0.1, -0.05) is 6.92 Å². The zero-order valence-corrected chi connectivity index (χ0v) is 5.99. The maximum absolute atomic E-state index is 9.27. The zero-order valence-electron chi connectivity index (χ0n) is 5.99. The summed E-state index contributed by atoms with van der Waals surface area (Å²) in [7, 11) is 0. The van der Waals surface area contributed by atoms with Crippen molar-refractivity contribution in [2.45, 2.75) is 25.2 Å². The molecule has 2 aliphatic rings. The molecule has 0 unspecified atom stereocenters. The summed E-state index contributed by atoms with van der Waals surface area (Å²) in [5, 5.41) is 9.27. The minimum Gasteiger partial charge on any atom is -0.388 e. The smallest absolute Gasteiger partial charge is 0.112 e. The SMILES string of the molecule is C[C@H]1CO[C@H]2[C@@H]1OC[C@@H]2O. The van der Waals surface area contributed by atoms with Crippen LogP contribution < -0.4 is 0 Å². The molecule has 0 aromatic carbocycles. The molecular weight excluding hydrogens is 132 g/mol. The summed E-state index contributed by atoms with van der Waals surface area (Å²) in [6.07, 6.45) is -0.292. The van der Waals surface area contributed by atoms with Gasteiger partial charge in [-0.25, -0.2) is 0 Å². The van der Waals surface area contributed by atoms with E-state index in [0.29, 0.717) is 12.5 Å². The summed E-state index contributed by atoms with van der Waals surface area (Å²) in [5.74, 6) is 0.446. The second-order valence-corrected chi connectivity index (χ2v) is 3.14. The Kier molecular flexibility index (Phi) is 1.44. The average Bonchev–Trinajstić information content (AvgIpc) is 2.41. The van der Waals surface area contributed by atoms with Crippen LogP contribution in [-0.4, -0.2) is 36.6 Å². The Morgan fingerprint density at radius 1 is 1.20 bits per heavy atom. The maximum Gasteiger partial charge on any atom is 0.112 e. The molecule has 0 spiro atoms. The van der Waals surface area contributed by atoms with Gasteiger partial charge in [0.2, 0.25) is 0 Å². The molecule has 2 heterocycles. The number of rotatable bonds is 0. The van der Waals surface area contributed by atoms with Crippen molar-refractivity contribution in [3.8, 4) is 0 Å². The van der Waals surface area contributed by atoms with Crippen LogP contribution in [0.4, 0.5) is 0 Å². The third kappa shape index (κ3) is 0.779. The van der Waals surface area contributed by atoms with Crippen molar-refractivity contribution in [1.82, 2.24) is 0 Å². The first kappa shape index (κ1) is 6.58. The molecule has 0 amide bonds. The summed E-state index contributed by atoms with van der Waals surface area (Å²) in [6.45, 7) is 3.26. The fourth-order valence-electron chi connectivity index (χ4n) is 1.67. The van der Waals surface area contributed by atoms with Gasteiger partial charge in [-0.15, -0.1) is 0 Å². The number of hydrogen-bond donors (Lipinski definition) is 1. The molecule has 0 radical (unpaired) electrons. The van der Waals surface area contributed by atoms with Gasteiger partial charge in [0.05, 0.1) is 19.3 Å². The predicted molar refractivity (Wildman–Crippen MR) is 34.7 cm³/mol. The van der Waals surface area contributed by atoms with Crippen LogP contribution in [0.1, 0.15) is 6.92 Å². The van der Waals surface area contributed by atoms with Gasteiger partial charge in [-0.05, 0) is 0 Å². The Bertz CT molecular complexity index is 121. The molecule has 2 fully saturated rings. The topological polar surface area (TPSA) is 38.7 Å². The molecule has 0 bridgehead atoms. The average molecular weight is 144 g/mol. The second kappa shape index (κ2) is 2.19. The van der Waals surface area contributed by atoms with Crippen LogP contribution in [0.15, 0.2) is 0 Å². The van der Waals surface area contributed by atoms with E-state index in [4.69, 9.17) is 9.47 Å². The number of aliphatic hydroxyl groups excluding tert-OH is 1. The van der Waals surface area contributed by atoms with E-state index in [1.807, 2.05) is 0 Å². The first-order valence-electron chi connectivity index (χ1n) is 3.70. The summed E-state index contributed by atoms with van der Waals surface area (Å²) < 4.78 is 10.7. The lowest BCUT2D eigenvalue weighted by molar-refractivity contribution is 0.0173. The third-order valence-electron chi connectivity index (χ3n) is 2.27. The fourth-order valence-corrected chi connectivity index (χ4v) is 1.67. The van der Waals surface area contributed by atoms with Crippen LogP contribution in [0, 0.1) is 5.92 Å². The van der Waals surface area contributed by atoms with Crippen LogP contribution in [0.2, 0.25) is 0 Å². The Hall–Kier alpha value is -0.120. The maximum atomic E-state index is 9.27. The lowest BCUT2D eigenvalue weighted by atomic mass is 10.0. The Balaban J connectivity index is 2.09. The molecule has 4 atom stereocenters. The highest BCUT2D eigenvalue weighted by molar-refractivity contribution is 4.92. The van der Waals surface area contributed by atoms with Crippen LogP contribution in [0.5, 0.6) is 0 Å². The van der Waals surface area contributed by atoms with Gasteiger partial charge in [0.1, 0.15) is 12.2 Å². The molecule has 3 nitrogen and oxygen atoms in total. The summed E-state index contributed by atoms with van der Waals surface area (Å²) in [4.78, 5) is 0. The number of fused-ring (bicyclic) bond motifs is 1. The molecule has 2 saturated heterocycles. The first-order chi connectivity index (χ1) is 4.79. The van der Waals surface area contributed by atoms with Crippen LogP contribution >= 0.6 is 0 Å². The van der Waals surface area contributed by atoms with Crippen LogP contribution in [0.3, 0.4) is 0 Å². The summed E-state index contributed by atoms with van der Waals surface area (Å²) in [6, 6.07) is 0. The number of aliphatic hydroxyl groups is 1. The Morgan fingerprint density at radius 3 is 2.60 bits per heavy atom. The summed E-state index contributed by atoms with van der Waals surface area (Å²) >= 11 is 0. The molecule has 2 aliphatic heterocycles. The van der Waals surface area contributed by atoms with Gasteiger partial charge in [0.15, 0.2) is 0 Å². The Labute approximate surface area is 59.9 Å².